The van der Waals surface area contributed by atoms with Crippen molar-refractivity contribution >= 4 is 53.2 Å². The number of nitrogens with one attached hydrogen (secondary N) is 1. The van der Waals surface area contributed by atoms with Crippen LogP contribution in [-0.4, -0.2) is 63.6 Å². The molecule has 3 aromatic carbocycles. The molecule has 1 amide bonds. The lowest BCUT2D eigenvalue weighted by Gasteiger charge is -2.19. The third-order valence-corrected chi connectivity index (χ3v) is 9.62. The van der Waals surface area contributed by atoms with Gasteiger partial charge in [0.15, 0.2) is 0 Å². The Balaban J connectivity index is 0.00000435. The summed E-state index contributed by atoms with van der Waals surface area (Å²) in [5.41, 5.74) is 7.29. The summed E-state index contributed by atoms with van der Waals surface area (Å²) < 4.78 is 49.6. The van der Waals surface area contributed by atoms with Crippen LogP contribution < -0.4 is 15.8 Å². The average molecular weight is 835 g/mol. The number of carbonyl (C=O) groups is 2. The van der Waals surface area contributed by atoms with Crippen molar-refractivity contribution in [2.24, 2.45) is 17.6 Å². The molecular weight excluding hydrogens is 786 g/mol. The van der Waals surface area contributed by atoms with Gasteiger partial charge in [0.2, 0.25) is 5.91 Å². The topological polar surface area (TPSA) is 164 Å². The molecule has 1 saturated carbocycles. The van der Waals surface area contributed by atoms with Crippen LogP contribution in [0.5, 0.6) is 5.75 Å². The van der Waals surface area contributed by atoms with Gasteiger partial charge < -0.3 is 35.8 Å². The Morgan fingerprint density at radius 3 is 2.49 bits per heavy atom. The number of benzene rings is 3. The summed E-state index contributed by atoms with van der Waals surface area (Å²) >= 11 is 0. The molecular formula is C42H48Cl2F3N3O7. The quantitative estimate of drug-likeness (QED) is 0.0418. The van der Waals surface area contributed by atoms with E-state index in [0.29, 0.717) is 24.9 Å². The lowest BCUT2D eigenvalue weighted by molar-refractivity contribution is -0.145. The van der Waals surface area contributed by atoms with E-state index in [1.54, 1.807) is 42.7 Å². The zero-order chi connectivity index (χ0) is 39.4. The number of alkyl halides is 3. The van der Waals surface area contributed by atoms with Crippen molar-refractivity contribution < 1.29 is 47.6 Å². The van der Waals surface area contributed by atoms with Crippen LogP contribution in [0.2, 0.25) is 0 Å². The summed E-state index contributed by atoms with van der Waals surface area (Å²) in [6.07, 6.45) is 5.02. The molecule has 0 radical (unpaired) electrons. The maximum absolute atomic E-state index is 13.1. The number of unbranched alkanes of at least 4 members (excludes halogenated alkanes) is 1. The highest BCUT2D eigenvalue weighted by atomic mass is 35.5. The van der Waals surface area contributed by atoms with Gasteiger partial charge in [0, 0.05) is 48.8 Å². The van der Waals surface area contributed by atoms with Crippen molar-refractivity contribution in [3.05, 3.63) is 126 Å². The molecule has 5 rings (SSSR count). The predicted molar refractivity (Wildman–Crippen MR) is 216 cm³/mol. The van der Waals surface area contributed by atoms with Gasteiger partial charge in [-0.05, 0) is 78.1 Å². The third-order valence-electron chi connectivity index (χ3n) is 9.62. The Kier molecular flexibility index (Phi) is 18.5. The highest BCUT2D eigenvalue weighted by Gasteiger charge is 2.39. The summed E-state index contributed by atoms with van der Waals surface area (Å²) in [5, 5.41) is 36.2. The van der Waals surface area contributed by atoms with Crippen LogP contribution in [0.4, 0.5) is 18.9 Å². The molecule has 308 valence electrons. The van der Waals surface area contributed by atoms with E-state index < -0.39 is 41.9 Å². The molecule has 2 unspecified atom stereocenters. The SMILES string of the molecule is Cl.Cl.NCC(C(=O)Nc1ccc2cnccc2c1)c1ccc(COC(=O)CCC/C=C\C[C@@H]2[C@@H](/C=C/C(O)COc3cccc(C(F)(F)F)c3)[C@H](O)C[C@@H]2O)cc1. The number of ether oxygens (including phenoxy) is 2. The van der Waals surface area contributed by atoms with Crippen LogP contribution in [0, 0.1) is 11.8 Å². The van der Waals surface area contributed by atoms with Gasteiger partial charge in [0.25, 0.3) is 0 Å². The number of allylic oxidation sites excluding steroid dienone is 2. The average Bonchev–Trinajstić information content (AvgIpc) is 3.44. The molecule has 0 aliphatic heterocycles. The number of fused-ring (bicyclic) bond motifs is 1. The van der Waals surface area contributed by atoms with Crippen molar-refractivity contribution in [1.82, 2.24) is 4.98 Å². The number of nitrogens with zero attached hydrogens (tertiary/aromatic N) is 1. The van der Waals surface area contributed by atoms with E-state index in [4.69, 9.17) is 15.2 Å². The standard InChI is InChI=1S/C42H46F3N3O7.2ClH/c43-42(44,45)31-6-5-7-34(21-31)54-26-33(49)16-17-36-35(38(50)22-39(36)51)8-3-1-2-4-9-40(52)55-25-27-10-12-28(13-11-27)37(23-46)41(53)48-32-15-14-30-24-47-19-18-29(30)20-32;;/h1,3,5-7,10-21,24,33,35-39,49-51H,2,4,8-9,22-23,25-26,46H2,(H,48,53);2*1H/b3-1-,17-16+;;/t33?,35-,36-,37?,38+,39-;;/m1../s1. The van der Waals surface area contributed by atoms with Gasteiger partial charge >= 0.3 is 12.1 Å². The van der Waals surface area contributed by atoms with Gasteiger partial charge in [-0.1, -0.05) is 60.7 Å². The van der Waals surface area contributed by atoms with Crippen molar-refractivity contribution in [1.29, 1.82) is 0 Å². The number of hydrogen-bond donors (Lipinski definition) is 5. The molecule has 57 heavy (non-hydrogen) atoms. The number of aliphatic hydroxyl groups excluding tert-OH is 3. The molecule has 0 spiro atoms. The van der Waals surface area contributed by atoms with Gasteiger partial charge in [0.05, 0.1) is 23.7 Å². The molecule has 1 aliphatic rings. The molecule has 1 aliphatic carbocycles. The number of aromatic nitrogens is 1. The summed E-state index contributed by atoms with van der Waals surface area (Å²) in [5.74, 6) is -1.93. The van der Waals surface area contributed by atoms with Gasteiger partial charge in [-0.25, -0.2) is 0 Å². The monoisotopic (exact) mass is 833 g/mol. The first-order chi connectivity index (χ1) is 26.4. The Bertz CT molecular complexity index is 1950. The number of esters is 1. The minimum Gasteiger partial charge on any atom is -0.491 e. The first kappa shape index (κ1) is 46.9. The number of anilines is 1. The number of carbonyl (C=O) groups excluding carboxylic acids is 2. The minimum absolute atomic E-state index is 0. The maximum Gasteiger partial charge on any atom is 0.416 e. The number of halogens is 5. The molecule has 1 fully saturated rings. The molecule has 6 N–H and O–H groups in total. The van der Waals surface area contributed by atoms with Crippen LogP contribution >= 0.6 is 24.8 Å². The molecule has 10 nitrogen and oxygen atoms in total. The molecule has 1 heterocycles. The van der Waals surface area contributed by atoms with Crippen molar-refractivity contribution in [2.45, 2.75) is 69.1 Å². The Labute approximate surface area is 341 Å². The lowest BCUT2D eigenvalue weighted by atomic mass is 9.89. The molecule has 0 saturated heterocycles. The lowest BCUT2D eigenvalue weighted by Crippen LogP contribution is -2.27. The van der Waals surface area contributed by atoms with Gasteiger partial charge in [-0.15, -0.1) is 24.8 Å². The normalized spacial score (nSPS) is 19.1. The van der Waals surface area contributed by atoms with Crippen LogP contribution in [0.15, 0.2) is 109 Å². The number of nitrogens with two attached hydrogens (primary N) is 1. The van der Waals surface area contributed by atoms with Gasteiger partial charge in [-0.3, -0.25) is 14.6 Å². The van der Waals surface area contributed by atoms with Crippen LogP contribution in [0.25, 0.3) is 10.8 Å². The molecule has 6 atom stereocenters. The summed E-state index contributed by atoms with van der Waals surface area (Å²) in [6, 6.07) is 19.1. The number of amides is 1. The van der Waals surface area contributed by atoms with Crippen molar-refractivity contribution in [2.75, 3.05) is 18.5 Å². The first-order valence-corrected chi connectivity index (χ1v) is 18.2. The Hall–Kier alpha value is -4.50. The highest BCUT2D eigenvalue weighted by Crippen LogP contribution is 2.36. The summed E-state index contributed by atoms with van der Waals surface area (Å²) in [6.45, 7) is -0.0853. The fourth-order valence-corrected chi connectivity index (χ4v) is 6.56. The van der Waals surface area contributed by atoms with E-state index in [-0.39, 0.29) is 81.0 Å². The van der Waals surface area contributed by atoms with Crippen LogP contribution in [0.1, 0.15) is 54.7 Å². The molecule has 0 bridgehead atoms. The largest absolute Gasteiger partial charge is 0.491 e. The Morgan fingerprint density at radius 2 is 1.75 bits per heavy atom. The second kappa shape index (κ2) is 22.4. The van der Waals surface area contributed by atoms with Gasteiger partial charge in [0.1, 0.15) is 25.1 Å². The van der Waals surface area contributed by atoms with E-state index in [0.717, 1.165) is 34.0 Å². The van der Waals surface area contributed by atoms with E-state index >= 15 is 0 Å². The van der Waals surface area contributed by atoms with Crippen molar-refractivity contribution in [3.8, 4) is 5.75 Å². The Morgan fingerprint density at radius 1 is 0.982 bits per heavy atom. The van der Waals surface area contributed by atoms with Crippen LogP contribution in [-0.2, 0) is 27.1 Å². The first-order valence-electron chi connectivity index (χ1n) is 18.2. The second-order valence-electron chi connectivity index (χ2n) is 13.6. The molecule has 1 aromatic heterocycles. The zero-order valence-corrected chi connectivity index (χ0v) is 32.6. The van der Waals surface area contributed by atoms with E-state index in [2.05, 4.69) is 10.3 Å². The third kappa shape index (κ3) is 13.8. The number of rotatable bonds is 17. The van der Waals surface area contributed by atoms with Gasteiger partial charge in [-0.2, -0.15) is 13.2 Å². The van der Waals surface area contributed by atoms with Crippen molar-refractivity contribution in [3.63, 3.8) is 0 Å². The van der Waals surface area contributed by atoms with E-state index in [1.807, 2.05) is 36.4 Å². The maximum atomic E-state index is 13.1. The molecule has 4 aromatic rings. The molecule has 15 heteroatoms. The second-order valence-corrected chi connectivity index (χ2v) is 13.6. The summed E-state index contributed by atoms with van der Waals surface area (Å²) in [7, 11) is 0. The van der Waals surface area contributed by atoms with E-state index in [9.17, 15) is 38.1 Å². The number of aliphatic hydroxyl groups is 3. The smallest absolute Gasteiger partial charge is 0.416 e. The fraction of sp³-hybridized carbons (Fsp3) is 0.357. The number of pyridine rings is 1. The number of hydrogen-bond acceptors (Lipinski definition) is 9. The predicted octanol–water partition coefficient (Wildman–Crippen LogP) is 7.29. The van der Waals surface area contributed by atoms with Crippen LogP contribution in [0.3, 0.4) is 0 Å². The fourth-order valence-electron chi connectivity index (χ4n) is 6.56. The zero-order valence-electron chi connectivity index (χ0n) is 31.0. The minimum atomic E-state index is -4.51. The van der Waals surface area contributed by atoms with E-state index in [1.165, 1.54) is 18.2 Å². The highest BCUT2D eigenvalue weighted by molar-refractivity contribution is 5.98. The summed E-state index contributed by atoms with van der Waals surface area (Å²) in [4.78, 5) is 29.6.